The Morgan fingerprint density at radius 1 is 1.24 bits per heavy atom. The number of aryl methyl sites for hydroxylation is 1. The van der Waals surface area contributed by atoms with Crippen LogP contribution in [0, 0.1) is 12.7 Å². The van der Waals surface area contributed by atoms with Gasteiger partial charge in [-0.1, -0.05) is 30.3 Å². The Morgan fingerprint density at radius 3 is 2.66 bits per heavy atom. The summed E-state index contributed by atoms with van der Waals surface area (Å²) in [7, 11) is -2.49. The van der Waals surface area contributed by atoms with Crippen LogP contribution in [0.15, 0.2) is 42.6 Å². The second kappa shape index (κ2) is 9.97. The first kappa shape index (κ1) is 25.5. The summed E-state index contributed by atoms with van der Waals surface area (Å²) in [5.41, 5.74) is 3.03. The zero-order valence-corrected chi connectivity index (χ0v) is 21.7. The molecule has 1 fully saturated rings. The van der Waals surface area contributed by atoms with E-state index in [0.717, 1.165) is 16.8 Å². The van der Waals surface area contributed by atoms with Crippen LogP contribution in [0.3, 0.4) is 0 Å². The number of urea groups is 1. The van der Waals surface area contributed by atoms with Crippen molar-refractivity contribution in [3.63, 3.8) is 0 Å². The van der Waals surface area contributed by atoms with E-state index in [9.17, 15) is 18.0 Å². The molecule has 1 aromatic heterocycles. The van der Waals surface area contributed by atoms with E-state index in [1.165, 1.54) is 4.90 Å². The van der Waals surface area contributed by atoms with Gasteiger partial charge >= 0.3 is 16.2 Å². The fourth-order valence-electron chi connectivity index (χ4n) is 4.52. The number of rotatable bonds is 6. The molecule has 0 unspecified atom stereocenters. The smallest absolute Gasteiger partial charge is 0.326 e. The highest BCUT2D eigenvalue weighted by Gasteiger charge is 2.39. The number of nitrogens with zero attached hydrogens (tertiary/aromatic N) is 4. The predicted octanol–water partition coefficient (Wildman–Crippen LogP) is 1.90. The van der Waals surface area contributed by atoms with Crippen LogP contribution in [0.4, 0.5) is 14.9 Å². The van der Waals surface area contributed by atoms with Crippen molar-refractivity contribution < 1.29 is 27.1 Å². The molecule has 38 heavy (non-hydrogen) atoms. The molecule has 1 saturated heterocycles. The van der Waals surface area contributed by atoms with Crippen molar-refractivity contribution in [3.8, 4) is 5.75 Å². The van der Waals surface area contributed by atoms with Crippen LogP contribution >= 0.6 is 0 Å². The molecule has 5 rings (SSSR count). The van der Waals surface area contributed by atoms with Crippen LogP contribution in [0.1, 0.15) is 27.9 Å². The third-order valence-electron chi connectivity index (χ3n) is 6.76. The summed E-state index contributed by atoms with van der Waals surface area (Å²) in [6.07, 6.45) is 2.02. The standard InChI is InChI=1S/C25H27FN6O5S/c1-16-19(12-28-30(16)2)11-27-25(34)31-9-8-18-10-21(37-15-17-6-4-3-5-7-17)24(23(26)20(18)13-31)32-14-22(33)29-38(32,35)36/h3-7,10,12H,8-9,11,13-15H2,1-2H3,(H,27,34)(H,29,33). The molecular weight excluding hydrogens is 515 g/mol. The second-order valence-corrected chi connectivity index (χ2v) is 10.8. The number of benzene rings is 2. The van der Waals surface area contributed by atoms with Gasteiger partial charge in [0.1, 0.15) is 24.6 Å². The number of fused-ring (bicyclic) bond motifs is 1. The van der Waals surface area contributed by atoms with E-state index >= 15 is 4.39 Å². The molecule has 3 amide bonds. The van der Waals surface area contributed by atoms with Crippen molar-refractivity contribution in [3.05, 3.63) is 76.4 Å². The first-order valence-corrected chi connectivity index (χ1v) is 13.4. The lowest BCUT2D eigenvalue weighted by Gasteiger charge is -2.31. The highest BCUT2D eigenvalue weighted by atomic mass is 32.2. The Labute approximate surface area is 219 Å². The van der Waals surface area contributed by atoms with Gasteiger partial charge in [-0.15, -0.1) is 0 Å². The molecule has 2 aliphatic rings. The number of ether oxygens (including phenoxy) is 1. The highest BCUT2D eigenvalue weighted by Crippen LogP contribution is 2.40. The van der Waals surface area contributed by atoms with Crippen molar-refractivity contribution in [2.45, 2.75) is 33.0 Å². The molecular formula is C25H27FN6O5S. The number of amides is 3. The van der Waals surface area contributed by atoms with Crippen molar-refractivity contribution in [2.75, 3.05) is 17.4 Å². The van der Waals surface area contributed by atoms with E-state index in [2.05, 4.69) is 10.4 Å². The van der Waals surface area contributed by atoms with Crippen LogP contribution < -0.4 is 19.1 Å². The van der Waals surface area contributed by atoms with Gasteiger partial charge in [0, 0.05) is 37.0 Å². The number of carbonyl (C=O) groups is 2. The molecule has 0 spiro atoms. The van der Waals surface area contributed by atoms with Gasteiger partial charge in [-0.2, -0.15) is 13.5 Å². The number of nitrogens with one attached hydrogen (secondary N) is 2. The molecule has 13 heteroatoms. The number of anilines is 1. The summed E-state index contributed by atoms with van der Waals surface area (Å²) < 4.78 is 51.5. The predicted molar refractivity (Wildman–Crippen MR) is 136 cm³/mol. The molecule has 2 aromatic carbocycles. The molecule has 0 aliphatic carbocycles. The number of hydrogen-bond donors (Lipinski definition) is 2. The monoisotopic (exact) mass is 542 g/mol. The zero-order valence-electron chi connectivity index (χ0n) is 20.9. The number of aromatic nitrogens is 2. The summed E-state index contributed by atoms with van der Waals surface area (Å²) in [4.78, 5) is 26.3. The molecule has 2 N–H and O–H groups in total. The van der Waals surface area contributed by atoms with Gasteiger partial charge in [0.05, 0.1) is 12.7 Å². The van der Waals surface area contributed by atoms with Gasteiger partial charge in [0.15, 0.2) is 5.82 Å². The van der Waals surface area contributed by atoms with Crippen molar-refractivity contribution in [1.82, 2.24) is 24.7 Å². The minimum Gasteiger partial charge on any atom is -0.487 e. The lowest BCUT2D eigenvalue weighted by Crippen LogP contribution is -2.43. The molecule has 0 radical (unpaired) electrons. The number of carbonyl (C=O) groups excluding carboxylic acids is 2. The summed E-state index contributed by atoms with van der Waals surface area (Å²) in [6.45, 7) is 1.93. The molecule has 200 valence electrons. The van der Waals surface area contributed by atoms with Crippen LogP contribution in [0.25, 0.3) is 0 Å². The maximum Gasteiger partial charge on any atom is 0.326 e. The Kier molecular flexibility index (Phi) is 6.69. The van der Waals surface area contributed by atoms with Crippen molar-refractivity contribution in [2.24, 2.45) is 7.05 Å². The van der Waals surface area contributed by atoms with E-state index < -0.39 is 28.5 Å². The van der Waals surface area contributed by atoms with Gasteiger partial charge < -0.3 is 15.0 Å². The Hall–Kier alpha value is -4.13. The lowest BCUT2D eigenvalue weighted by molar-refractivity contribution is -0.117. The van der Waals surface area contributed by atoms with Gasteiger partial charge in [-0.05, 0) is 30.5 Å². The summed E-state index contributed by atoms with van der Waals surface area (Å²) in [6, 6.07) is 10.4. The largest absolute Gasteiger partial charge is 0.487 e. The number of hydrogen-bond acceptors (Lipinski definition) is 6. The molecule has 0 saturated carbocycles. The Bertz CT molecular complexity index is 1510. The third-order valence-corrected chi connectivity index (χ3v) is 8.14. The average molecular weight is 543 g/mol. The summed E-state index contributed by atoms with van der Waals surface area (Å²) in [5.74, 6) is -1.61. The molecule has 3 aromatic rings. The van der Waals surface area contributed by atoms with E-state index in [4.69, 9.17) is 4.74 Å². The second-order valence-electron chi connectivity index (χ2n) is 9.20. The maximum atomic E-state index is 16.1. The first-order chi connectivity index (χ1) is 18.1. The van der Waals surface area contributed by atoms with Crippen LogP contribution in [-0.2, 0) is 48.2 Å². The molecule has 3 heterocycles. The SMILES string of the molecule is Cc1c(CNC(=O)N2CCc3cc(OCc4ccccc4)c(N4CC(=O)NS4(=O)=O)c(F)c3C2)cnn1C. The van der Waals surface area contributed by atoms with Crippen LogP contribution in [0.2, 0.25) is 0 Å². The van der Waals surface area contributed by atoms with Crippen molar-refractivity contribution in [1.29, 1.82) is 0 Å². The maximum absolute atomic E-state index is 16.1. The molecule has 0 atom stereocenters. The van der Waals surface area contributed by atoms with Crippen LogP contribution in [0.5, 0.6) is 5.75 Å². The van der Waals surface area contributed by atoms with Gasteiger partial charge in [-0.25, -0.2) is 18.2 Å². The Balaban J connectivity index is 1.43. The topological polar surface area (TPSA) is 126 Å². The molecule has 0 bridgehead atoms. The van der Waals surface area contributed by atoms with Gasteiger partial charge in [0.2, 0.25) is 0 Å². The van der Waals surface area contributed by atoms with Gasteiger partial charge in [-0.3, -0.25) is 9.48 Å². The zero-order chi connectivity index (χ0) is 27.0. The van der Waals surface area contributed by atoms with E-state index in [-0.39, 0.29) is 42.7 Å². The normalized spacial score (nSPS) is 16.2. The fraction of sp³-hybridized carbons (Fsp3) is 0.320. The van der Waals surface area contributed by atoms with Gasteiger partial charge in [0.25, 0.3) is 5.91 Å². The fourth-order valence-corrected chi connectivity index (χ4v) is 5.68. The van der Waals surface area contributed by atoms with Crippen molar-refractivity contribution >= 4 is 27.8 Å². The quantitative estimate of drug-likeness (QED) is 0.490. The lowest BCUT2D eigenvalue weighted by atomic mass is 9.97. The first-order valence-electron chi connectivity index (χ1n) is 12.0. The molecule has 2 aliphatic heterocycles. The Morgan fingerprint density at radius 2 is 2.00 bits per heavy atom. The summed E-state index contributed by atoms with van der Waals surface area (Å²) >= 11 is 0. The molecule has 11 nitrogen and oxygen atoms in total. The highest BCUT2D eigenvalue weighted by molar-refractivity contribution is 7.92. The van der Waals surface area contributed by atoms with Crippen LogP contribution in [-0.4, -0.2) is 48.1 Å². The minimum absolute atomic E-state index is 0.00938. The number of halogens is 1. The summed E-state index contributed by atoms with van der Waals surface area (Å²) in [5, 5.41) is 7.00. The third kappa shape index (κ3) is 4.88. The van der Waals surface area contributed by atoms with E-state index in [1.54, 1.807) is 16.9 Å². The van der Waals surface area contributed by atoms with E-state index in [1.807, 2.05) is 49.0 Å². The minimum atomic E-state index is -4.30. The van der Waals surface area contributed by atoms with E-state index in [0.29, 0.717) is 22.8 Å². The average Bonchev–Trinajstić information content (AvgIpc) is 3.36.